The first kappa shape index (κ1) is 8.41. The Balaban J connectivity index is 2.39. The molecule has 10 heavy (non-hydrogen) atoms. The van der Waals surface area contributed by atoms with Crippen molar-refractivity contribution < 1.29 is 0 Å². The molecule has 0 aromatic carbocycles. The van der Waals surface area contributed by atoms with Crippen molar-refractivity contribution in [2.45, 2.75) is 31.4 Å². The van der Waals surface area contributed by atoms with Crippen LogP contribution in [0.1, 0.15) is 26.7 Å². The maximum absolute atomic E-state index is 4.57. The molecule has 0 radical (unpaired) electrons. The number of nitrogens with one attached hydrogen (secondary N) is 1. The summed E-state index contributed by atoms with van der Waals surface area (Å²) < 4.78 is 0.224. The second-order valence-electron chi connectivity index (χ2n) is 3.68. The summed E-state index contributed by atoms with van der Waals surface area (Å²) in [5, 5.41) is 3.35. The summed E-state index contributed by atoms with van der Waals surface area (Å²) in [5.74, 6) is 0.803. The molecular weight excluding hydrogens is 142 g/mol. The first-order valence-electron chi connectivity index (χ1n) is 4.04. The summed E-state index contributed by atoms with van der Waals surface area (Å²) in [6, 6.07) is 0. The molecule has 0 saturated carbocycles. The van der Waals surface area contributed by atoms with Crippen LogP contribution in [0.15, 0.2) is 0 Å². The number of rotatable bonds is 1. The van der Waals surface area contributed by atoms with Gasteiger partial charge in [-0.2, -0.15) is 12.6 Å². The molecule has 0 aliphatic carbocycles. The van der Waals surface area contributed by atoms with Crippen molar-refractivity contribution in [1.29, 1.82) is 0 Å². The molecule has 1 nitrogen and oxygen atoms in total. The van der Waals surface area contributed by atoms with E-state index in [1.54, 1.807) is 0 Å². The van der Waals surface area contributed by atoms with Crippen molar-refractivity contribution in [3.05, 3.63) is 0 Å². The summed E-state index contributed by atoms with van der Waals surface area (Å²) in [4.78, 5) is 0. The van der Waals surface area contributed by atoms with Crippen LogP contribution in [-0.2, 0) is 0 Å². The first-order chi connectivity index (χ1) is 4.61. The lowest BCUT2D eigenvalue weighted by Gasteiger charge is -2.33. The Bertz CT molecular complexity index is 100. The van der Waals surface area contributed by atoms with Gasteiger partial charge in [-0.25, -0.2) is 0 Å². The summed E-state index contributed by atoms with van der Waals surface area (Å²) in [6.07, 6.45) is 2.58. The van der Waals surface area contributed by atoms with Crippen LogP contribution in [0.3, 0.4) is 0 Å². The van der Waals surface area contributed by atoms with Gasteiger partial charge in [0, 0.05) is 4.75 Å². The van der Waals surface area contributed by atoms with Crippen LogP contribution in [0, 0.1) is 5.92 Å². The van der Waals surface area contributed by atoms with Gasteiger partial charge in [0.1, 0.15) is 0 Å². The summed E-state index contributed by atoms with van der Waals surface area (Å²) in [7, 11) is 0. The molecule has 1 rings (SSSR count). The van der Waals surface area contributed by atoms with Crippen molar-refractivity contribution in [2.75, 3.05) is 13.1 Å². The molecule has 1 aliphatic rings. The van der Waals surface area contributed by atoms with Crippen LogP contribution in [0.5, 0.6) is 0 Å². The molecule has 0 aromatic heterocycles. The Hall–Kier alpha value is 0.310. The predicted molar refractivity (Wildman–Crippen MR) is 48.7 cm³/mol. The van der Waals surface area contributed by atoms with Crippen LogP contribution >= 0.6 is 12.6 Å². The van der Waals surface area contributed by atoms with Crippen LogP contribution in [0.4, 0.5) is 0 Å². The lowest BCUT2D eigenvalue weighted by Crippen LogP contribution is -2.36. The minimum Gasteiger partial charge on any atom is -0.317 e. The third kappa shape index (κ3) is 2.17. The van der Waals surface area contributed by atoms with Crippen molar-refractivity contribution in [2.24, 2.45) is 5.92 Å². The van der Waals surface area contributed by atoms with Gasteiger partial charge in [-0.05, 0) is 31.8 Å². The van der Waals surface area contributed by atoms with Gasteiger partial charge in [-0.15, -0.1) is 0 Å². The van der Waals surface area contributed by atoms with Crippen molar-refractivity contribution >= 4 is 12.6 Å². The molecule has 1 fully saturated rings. The molecule has 0 amide bonds. The van der Waals surface area contributed by atoms with Gasteiger partial charge in [0.15, 0.2) is 0 Å². The van der Waals surface area contributed by atoms with Gasteiger partial charge in [-0.1, -0.05) is 13.8 Å². The van der Waals surface area contributed by atoms with Gasteiger partial charge >= 0.3 is 0 Å². The Kier molecular flexibility index (Phi) is 2.64. The summed E-state index contributed by atoms with van der Waals surface area (Å²) >= 11 is 4.57. The highest BCUT2D eigenvalue weighted by atomic mass is 32.1. The maximum atomic E-state index is 4.57. The quantitative estimate of drug-likeness (QED) is 0.555. The van der Waals surface area contributed by atoms with Crippen molar-refractivity contribution in [1.82, 2.24) is 5.32 Å². The largest absolute Gasteiger partial charge is 0.317 e. The van der Waals surface area contributed by atoms with E-state index in [2.05, 4.69) is 31.8 Å². The molecule has 0 spiro atoms. The second-order valence-corrected chi connectivity index (χ2v) is 4.83. The zero-order valence-electron chi connectivity index (χ0n) is 6.85. The number of piperidine rings is 1. The van der Waals surface area contributed by atoms with E-state index in [-0.39, 0.29) is 4.75 Å². The fourth-order valence-corrected chi connectivity index (χ4v) is 1.79. The van der Waals surface area contributed by atoms with Crippen LogP contribution < -0.4 is 5.32 Å². The highest BCUT2D eigenvalue weighted by Crippen LogP contribution is 2.30. The fourth-order valence-electron chi connectivity index (χ4n) is 1.53. The average Bonchev–Trinajstić information content (AvgIpc) is 1.88. The number of hydrogen-bond acceptors (Lipinski definition) is 2. The standard InChI is InChI=1S/C8H17NS/c1-8(2,10)7-3-5-9-6-4-7/h7,9-10H,3-6H2,1-2H3. The molecule has 2 heteroatoms. The van der Waals surface area contributed by atoms with E-state index in [0.29, 0.717) is 0 Å². The van der Waals surface area contributed by atoms with Crippen molar-refractivity contribution in [3.8, 4) is 0 Å². The topological polar surface area (TPSA) is 12.0 Å². The molecule has 1 N–H and O–H groups in total. The van der Waals surface area contributed by atoms with E-state index in [4.69, 9.17) is 0 Å². The third-order valence-corrected chi connectivity index (χ3v) is 2.70. The zero-order chi connectivity index (χ0) is 7.61. The first-order valence-corrected chi connectivity index (χ1v) is 4.48. The average molecular weight is 159 g/mol. The molecule has 0 bridgehead atoms. The normalized spacial score (nSPS) is 23.1. The molecule has 0 aromatic rings. The maximum Gasteiger partial charge on any atom is 0.0102 e. The van der Waals surface area contributed by atoms with Crippen LogP contribution in [0.25, 0.3) is 0 Å². The number of thiol groups is 1. The smallest absolute Gasteiger partial charge is 0.0102 e. The molecule has 0 unspecified atom stereocenters. The van der Waals surface area contributed by atoms with Crippen molar-refractivity contribution in [3.63, 3.8) is 0 Å². The van der Waals surface area contributed by atoms with Gasteiger partial charge in [0.25, 0.3) is 0 Å². The highest BCUT2D eigenvalue weighted by molar-refractivity contribution is 7.81. The van der Waals surface area contributed by atoms with E-state index >= 15 is 0 Å². The van der Waals surface area contributed by atoms with Gasteiger partial charge < -0.3 is 5.32 Å². The Morgan fingerprint density at radius 2 is 1.80 bits per heavy atom. The highest BCUT2D eigenvalue weighted by Gasteiger charge is 2.26. The lowest BCUT2D eigenvalue weighted by atomic mass is 9.86. The Labute approximate surface area is 69.0 Å². The van der Waals surface area contributed by atoms with E-state index in [1.807, 2.05) is 0 Å². The monoisotopic (exact) mass is 159 g/mol. The Morgan fingerprint density at radius 3 is 2.10 bits per heavy atom. The van der Waals surface area contributed by atoms with E-state index in [1.165, 1.54) is 25.9 Å². The predicted octanol–water partition coefficient (Wildman–Crippen LogP) is 1.69. The molecule has 60 valence electrons. The van der Waals surface area contributed by atoms with Gasteiger partial charge in [-0.3, -0.25) is 0 Å². The molecule has 1 heterocycles. The third-order valence-electron chi connectivity index (χ3n) is 2.34. The second kappa shape index (κ2) is 3.14. The van der Waals surface area contributed by atoms with Crippen LogP contribution in [0.2, 0.25) is 0 Å². The minimum absolute atomic E-state index is 0.224. The fraction of sp³-hybridized carbons (Fsp3) is 1.00. The van der Waals surface area contributed by atoms with Gasteiger partial charge in [0.05, 0.1) is 0 Å². The van der Waals surface area contributed by atoms with E-state index in [9.17, 15) is 0 Å². The molecule has 0 atom stereocenters. The zero-order valence-corrected chi connectivity index (χ0v) is 7.75. The molecule has 1 aliphatic heterocycles. The number of hydrogen-bond donors (Lipinski definition) is 2. The van der Waals surface area contributed by atoms with E-state index in [0.717, 1.165) is 5.92 Å². The summed E-state index contributed by atoms with van der Waals surface area (Å²) in [6.45, 7) is 6.78. The lowest BCUT2D eigenvalue weighted by molar-refractivity contribution is 0.319. The molecular formula is C8H17NS. The Morgan fingerprint density at radius 1 is 1.30 bits per heavy atom. The van der Waals surface area contributed by atoms with Crippen LogP contribution in [-0.4, -0.2) is 17.8 Å². The minimum atomic E-state index is 0.224. The SMILES string of the molecule is CC(C)(S)C1CCNCC1. The van der Waals surface area contributed by atoms with E-state index < -0.39 is 0 Å². The van der Waals surface area contributed by atoms with Gasteiger partial charge in [0.2, 0.25) is 0 Å². The molecule has 1 saturated heterocycles. The summed E-state index contributed by atoms with van der Waals surface area (Å²) in [5.41, 5.74) is 0.